The number of hydrogen-bond donors (Lipinski definition) is 3. The van der Waals surface area contributed by atoms with E-state index < -0.39 is 0 Å². The van der Waals surface area contributed by atoms with E-state index in [2.05, 4.69) is 20.9 Å². The summed E-state index contributed by atoms with van der Waals surface area (Å²) in [5.41, 5.74) is 0.865. The van der Waals surface area contributed by atoms with Crippen LogP contribution in [0.5, 0.6) is 5.75 Å². The van der Waals surface area contributed by atoms with Gasteiger partial charge in [0.15, 0.2) is 5.96 Å². The smallest absolute Gasteiger partial charge is 0.221 e. The molecule has 1 rings (SSSR count). The number of halogens is 1. The van der Waals surface area contributed by atoms with Crippen LogP contribution in [0.15, 0.2) is 29.3 Å². The molecule has 26 heavy (non-hydrogen) atoms. The van der Waals surface area contributed by atoms with Crippen molar-refractivity contribution in [2.24, 2.45) is 4.99 Å². The van der Waals surface area contributed by atoms with Gasteiger partial charge in [-0.05, 0) is 26.0 Å². The number of carbonyl (C=O) groups is 1. The maximum Gasteiger partial charge on any atom is 0.221 e. The van der Waals surface area contributed by atoms with E-state index in [9.17, 15) is 4.79 Å². The van der Waals surface area contributed by atoms with E-state index in [0.717, 1.165) is 17.9 Å². The van der Waals surface area contributed by atoms with Gasteiger partial charge in [-0.15, -0.1) is 24.0 Å². The molecular formula is C18H31IN4O3. The van der Waals surface area contributed by atoms with Crippen molar-refractivity contribution in [1.82, 2.24) is 10.6 Å². The van der Waals surface area contributed by atoms with Crippen LogP contribution in [-0.4, -0.2) is 51.8 Å². The Balaban J connectivity index is 0.00000625. The van der Waals surface area contributed by atoms with Crippen LogP contribution in [0.4, 0.5) is 5.69 Å². The van der Waals surface area contributed by atoms with Gasteiger partial charge >= 0.3 is 0 Å². The number of nitrogens with zero attached hydrogens (tertiary/aromatic N) is 1. The molecule has 0 saturated heterocycles. The fourth-order valence-electron chi connectivity index (χ4n) is 2.06. The Labute approximate surface area is 173 Å². The minimum Gasteiger partial charge on any atom is -0.493 e. The third-order valence-electron chi connectivity index (χ3n) is 3.18. The Bertz CT molecular complexity index is 553. The van der Waals surface area contributed by atoms with Gasteiger partial charge in [0.25, 0.3) is 0 Å². The summed E-state index contributed by atoms with van der Waals surface area (Å²) in [5.74, 6) is 1.41. The van der Waals surface area contributed by atoms with Gasteiger partial charge in [0, 0.05) is 57.9 Å². The monoisotopic (exact) mass is 478 g/mol. The average molecular weight is 478 g/mol. The van der Waals surface area contributed by atoms with Crippen molar-refractivity contribution in [1.29, 1.82) is 0 Å². The Hall–Kier alpha value is -1.55. The van der Waals surface area contributed by atoms with Gasteiger partial charge in [0.1, 0.15) is 5.75 Å². The number of guanidine groups is 1. The van der Waals surface area contributed by atoms with Crippen LogP contribution in [0.25, 0.3) is 0 Å². The van der Waals surface area contributed by atoms with Gasteiger partial charge in [0.05, 0.1) is 6.61 Å². The third kappa shape index (κ3) is 11.1. The first-order chi connectivity index (χ1) is 12.0. The summed E-state index contributed by atoms with van der Waals surface area (Å²) in [4.78, 5) is 15.8. The van der Waals surface area contributed by atoms with Crippen molar-refractivity contribution >= 4 is 41.5 Å². The fraction of sp³-hybridized carbons (Fsp3) is 0.556. The third-order valence-corrected chi connectivity index (χ3v) is 3.18. The number of methoxy groups -OCH3 is 1. The molecule has 0 aliphatic carbocycles. The number of amides is 1. The average Bonchev–Trinajstić information content (AvgIpc) is 2.57. The molecule has 0 radical (unpaired) electrons. The van der Waals surface area contributed by atoms with Crippen LogP contribution in [0.2, 0.25) is 0 Å². The second-order valence-electron chi connectivity index (χ2n) is 5.82. The number of hydrogen-bond acceptors (Lipinski definition) is 4. The summed E-state index contributed by atoms with van der Waals surface area (Å²) in [5, 5.41) is 9.17. The highest BCUT2D eigenvalue weighted by Gasteiger charge is 2.05. The summed E-state index contributed by atoms with van der Waals surface area (Å²) in [7, 11) is 3.37. The lowest BCUT2D eigenvalue weighted by molar-refractivity contribution is -0.121. The normalized spacial score (nSPS) is 10.9. The van der Waals surface area contributed by atoms with Gasteiger partial charge in [-0.25, -0.2) is 0 Å². The topological polar surface area (TPSA) is 84.0 Å². The van der Waals surface area contributed by atoms with E-state index in [4.69, 9.17) is 9.47 Å². The lowest BCUT2D eigenvalue weighted by Gasteiger charge is -2.13. The van der Waals surface area contributed by atoms with Gasteiger partial charge in [0.2, 0.25) is 5.91 Å². The van der Waals surface area contributed by atoms with E-state index in [0.29, 0.717) is 32.1 Å². The molecule has 0 unspecified atom stereocenters. The Morgan fingerprint density at radius 2 is 2.04 bits per heavy atom. The van der Waals surface area contributed by atoms with Crippen molar-refractivity contribution in [3.8, 4) is 5.75 Å². The molecule has 0 fully saturated rings. The summed E-state index contributed by atoms with van der Waals surface area (Å²) < 4.78 is 10.7. The van der Waals surface area contributed by atoms with Crippen molar-refractivity contribution in [2.45, 2.75) is 32.7 Å². The van der Waals surface area contributed by atoms with Gasteiger partial charge in [-0.1, -0.05) is 6.07 Å². The van der Waals surface area contributed by atoms with Crippen LogP contribution >= 0.6 is 24.0 Å². The van der Waals surface area contributed by atoms with E-state index >= 15 is 0 Å². The molecule has 1 aromatic carbocycles. The molecule has 8 heteroatoms. The molecule has 0 bridgehead atoms. The van der Waals surface area contributed by atoms with E-state index in [-0.39, 0.29) is 35.9 Å². The fourth-order valence-corrected chi connectivity index (χ4v) is 2.06. The maximum atomic E-state index is 11.6. The molecule has 1 amide bonds. The van der Waals surface area contributed by atoms with Crippen LogP contribution < -0.4 is 20.7 Å². The maximum absolute atomic E-state index is 11.6. The predicted octanol–water partition coefficient (Wildman–Crippen LogP) is 2.62. The molecule has 0 atom stereocenters. The molecule has 0 heterocycles. The molecule has 148 valence electrons. The van der Waals surface area contributed by atoms with E-state index in [1.807, 2.05) is 38.1 Å². The first kappa shape index (κ1) is 24.5. The predicted molar refractivity (Wildman–Crippen MR) is 117 cm³/mol. The molecule has 0 spiro atoms. The van der Waals surface area contributed by atoms with Crippen molar-refractivity contribution in [3.63, 3.8) is 0 Å². The molecular weight excluding hydrogens is 447 g/mol. The van der Waals surface area contributed by atoms with Crippen molar-refractivity contribution in [2.75, 3.05) is 39.2 Å². The quantitative estimate of drug-likeness (QED) is 0.209. The highest BCUT2D eigenvalue weighted by molar-refractivity contribution is 14.0. The zero-order valence-corrected chi connectivity index (χ0v) is 18.3. The molecule has 3 N–H and O–H groups in total. The Morgan fingerprint density at radius 3 is 2.69 bits per heavy atom. The van der Waals surface area contributed by atoms with E-state index in [1.54, 1.807) is 14.2 Å². The lowest BCUT2D eigenvalue weighted by atomic mass is 10.3. The Kier molecular flexibility index (Phi) is 13.7. The van der Waals surface area contributed by atoms with Gasteiger partial charge < -0.3 is 25.4 Å². The molecule has 1 aromatic rings. The standard InChI is InChI=1S/C18H30N4O3.HI/c1-14(2)21-17(23)9-10-20-18(19-3)22-15-7-5-8-16(13-15)25-12-6-11-24-4;/h5,7-8,13-14H,6,9-12H2,1-4H3,(H,21,23)(H2,19,20,22);1H. The lowest BCUT2D eigenvalue weighted by Crippen LogP contribution is -2.36. The SMILES string of the molecule is CN=C(NCCC(=O)NC(C)C)Nc1cccc(OCCCOC)c1.I. The molecule has 0 aliphatic rings. The van der Waals surface area contributed by atoms with Gasteiger partial charge in [-0.3, -0.25) is 9.79 Å². The zero-order valence-electron chi connectivity index (χ0n) is 16.0. The first-order valence-electron chi connectivity index (χ1n) is 8.54. The number of nitrogens with one attached hydrogen (secondary N) is 3. The van der Waals surface area contributed by atoms with Crippen molar-refractivity contribution in [3.05, 3.63) is 24.3 Å². The first-order valence-corrected chi connectivity index (χ1v) is 8.54. The number of anilines is 1. The second-order valence-corrected chi connectivity index (χ2v) is 5.82. The summed E-state index contributed by atoms with van der Waals surface area (Å²) in [6.07, 6.45) is 1.23. The molecule has 0 aliphatic heterocycles. The van der Waals surface area contributed by atoms with Crippen LogP contribution in [0.3, 0.4) is 0 Å². The minimum absolute atomic E-state index is 0. The highest BCUT2D eigenvalue weighted by Crippen LogP contribution is 2.17. The number of ether oxygens (including phenoxy) is 2. The molecule has 7 nitrogen and oxygen atoms in total. The van der Waals surface area contributed by atoms with Gasteiger partial charge in [-0.2, -0.15) is 0 Å². The number of aliphatic imine (C=N–C) groups is 1. The summed E-state index contributed by atoms with van der Waals surface area (Å²) in [6, 6.07) is 7.81. The minimum atomic E-state index is 0. The van der Waals surface area contributed by atoms with Crippen LogP contribution in [0, 0.1) is 0 Å². The van der Waals surface area contributed by atoms with Crippen LogP contribution in [0.1, 0.15) is 26.7 Å². The molecule has 0 saturated carbocycles. The largest absolute Gasteiger partial charge is 0.493 e. The highest BCUT2D eigenvalue weighted by atomic mass is 127. The van der Waals surface area contributed by atoms with E-state index in [1.165, 1.54) is 0 Å². The van der Waals surface area contributed by atoms with Crippen LogP contribution in [-0.2, 0) is 9.53 Å². The van der Waals surface area contributed by atoms with Crippen molar-refractivity contribution < 1.29 is 14.3 Å². The molecule has 0 aromatic heterocycles. The number of carbonyl (C=O) groups excluding carboxylic acids is 1. The second kappa shape index (κ2) is 14.6. The number of rotatable bonds is 10. The number of benzene rings is 1. The summed E-state index contributed by atoms with van der Waals surface area (Å²) in [6.45, 7) is 5.67. The summed E-state index contributed by atoms with van der Waals surface area (Å²) >= 11 is 0. The zero-order chi connectivity index (χ0) is 18.5. The Morgan fingerprint density at radius 1 is 1.27 bits per heavy atom.